The van der Waals surface area contributed by atoms with Gasteiger partial charge in [0, 0.05) is 37.8 Å². The number of likely N-dealkylation sites (tertiary alicyclic amines) is 1. The Bertz CT molecular complexity index is 272. The summed E-state index contributed by atoms with van der Waals surface area (Å²) in [5, 5.41) is 0. The number of nitrogens with zero attached hydrogens (tertiary/aromatic N) is 3. The van der Waals surface area contributed by atoms with Crippen molar-refractivity contribution in [2.75, 3.05) is 46.3 Å². The number of rotatable bonds is 3. The molecule has 3 nitrogen and oxygen atoms in total. The van der Waals surface area contributed by atoms with Crippen molar-refractivity contribution >= 4 is 0 Å². The molecule has 3 heteroatoms. The van der Waals surface area contributed by atoms with Crippen LogP contribution in [-0.2, 0) is 0 Å². The lowest BCUT2D eigenvalue weighted by atomic mass is 9.79. The van der Waals surface area contributed by atoms with Gasteiger partial charge < -0.3 is 4.90 Å². The molecule has 0 unspecified atom stereocenters. The molecule has 21 heavy (non-hydrogen) atoms. The number of hydrogen-bond donors (Lipinski definition) is 0. The van der Waals surface area contributed by atoms with Crippen molar-refractivity contribution in [1.29, 1.82) is 0 Å². The van der Waals surface area contributed by atoms with Gasteiger partial charge in [0.2, 0.25) is 0 Å². The molecule has 2 heterocycles. The molecule has 0 bridgehead atoms. The summed E-state index contributed by atoms with van der Waals surface area (Å²) in [6.07, 6.45) is 2.74. The van der Waals surface area contributed by atoms with E-state index in [4.69, 9.17) is 0 Å². The fourth-order valence-electron chi connectivity index (χ4n) is 3.79. The van der Waals surface area contributed by atoms with Crippen LogP contribution in [-0.4, -0.2) is 72.6 Å². The van der Waals surface area contributed by atoms with E-state index in [0.29, 0.717) is 11.6 Å². The van der Waals surface area contributed by atoms with Crippen LogP contribution in [0.4, 0.5) is 0 Å². The minimum atomic E-state index is 0.379. The van der Waals surface area contributed by atoms with E-state index in [0.717, 1.165) is 5.92 Å². The molecule has 2 fully saturated rings. The molecule has 0 radical (unpaired) electrons. The highest BCUT2D eigenvalue weighted by Crippen LogP contribution is 2.33. The largest absolute Gasteiger partial charge is 0.306 e. The predicted molar refractivity (Wildman–Crippen MR) is 93.9 cm³/mol. The van der Waals surface area contributed by atoms with Gasteiger partial charge in [0.1, 0.15) is 0 Å². The standard InChI is InChI=1S/C16H33N3.C2H6/c1-14(2)18-10-12-19(13-11-18)16(3,4)15-6-8-17(5)9-7-15;1-2/h14-15H,6-13H2,1-5H3;1-2H3. The Morgan fingerprint density at radius 3 is 1.76 bits per heavy atom. The summed E-state index contributed by atoms with van der Waals surface area (Å²) >= 11 is 0. The molecule has 0 atom stereocenters. The second-order valence-electron chi connectivity index (χ2n) is 7.35. The maximum Gasteiger partial charge on any atom is 0.0183 e. The van der Waals surface area contributed by atoms with E-state index in [9.17, 15) is 0 Å². The molecular formula is C18H39N3. The number of piperidine rings is 1. The third kappa shape index (κ3) is 4.94. The van der Waals surface area contributed by atoms with Gasteiger partial charge in [0.15, 0.2) is 0 Å². The number of piperazine rings is 1. The van der Waals surface area contributed by atoms with Crippen molar-refractivity contribution in [1.82, 2.24) is 14.7 Å². The van der Waals surface area contributed by atoms with E-state index in [2.05, 4.69) is 49.4 Å². The highest BCUT2D eigenvalue weighted by molar-refractivity contribution is 4.93. The Hall–Kier alpha value is -0.120. The Morgan fingerprint density at radius 2 is 1.33 bits per heavy atom. The van der Waals surface area contributed by atoms with E-state index in [1.165, 1.54) is 52.1 Å². The molecule has 0 N–H and O–H groups in total. The molecule has 126 valence electrons. The molecule has 2 aliphatic rings. The van der Waals surface area contributed by atoms with Crippen molar-refractivity contribution in [3.63, 3.8) is 0 Å². The molecule has 0 aromatic carbocycles. The molecule has 0 spiro atoms. The van der Waals surface area contributed by atoms with Crippen molar-refractivity contribution in [3.8, 4) is 0 Å². The van der Waals surface area contributed by atoms with E-state index >= 15 is 0 Å². The summed E-state index contributed by atoms with van der Waals surface area (Å²) in [5.74, 6) is 0.870. The molecule has 0 amide bonds. The first-order valence-corrected chi connectivity index (χ1v) is 9.09. The molecule has 2 rings (SSSR count). The van der Waals surface area contributed by atoms with E-state index in [1.54, 1.807) is 0 Å². The molecule has 0 saturated carbocycles. The van der Waals surface area contributed by atoms with Crippen LogP contribution in [0.15, 0.2) is 0 Å². The summed E-state index contributed by atoms with van der Waals surface area (Å²) in [6, 6.07) is 0.702. The van der Waals surface area contributed by atoms with Gasteiger partial charge in [-0.1, -0.05) is 13.8 Å². The van der Waals surface area contributed by atoms with Crippen LogP contribution in [0.2, 0.25) is 0 Å². The smallest absolute Gasteiger partial charge is 0.0183 e. The summed E-state index contributed by atoms with van der Waals surface area (Å²) in [7, 11) is 2.25. The molecule has 0 aromatic heterocycles. The van der Waals surface area contributed by atoms with Gasteiger partial charge in [0.25, 0.3) is 0 Å². The van der Waals surface area contributed by atoms with Crippen molar-refractivity contribution in [2.24, 2.45) is 5.92 Å². The normalized spacial score (nSPS) is 24.0. The van der Waals surface area contributed by atoms with Gasteiger partial charge in [-0.15, -0.1) is 0 Å². The lowest BCUT2D eigenvalue weighted by molar-refractivity contribution is -0.00871. The summed E-state index contributed by atoms with van der Waals surface area (Å²) in [5.41, 5.74) is 0.379. The first kappa shape index (κ1) is 18.9. The van der Waals surface area contributed by atoms with Gasteiger partial charge in [-0.2, -0.15) is 0 Å². The lowest BCUT2D eigenvalue weighted by Crippen LogP contribution is -2.59. The Labute approximate surface area is 133 Å². The summed E-state index contributed by atoms with van der Waals surface area (Å²) in [6.45, 7) is 21.1. The minimum absolute atomic E-state index is 0.379. The average molecular weight is 298 g/mol. The second-order valence-corrected chi connectivity index (χ2v) is 7.35. The topological polar surface area (TPSA) is 9.72 Å². The van der Waals surface area contributed by atoms with Crippen molar-refractivity contribution < 1.29 is 0 Å². The number of hydrogen-bond acceptors (Lipinski definition) is 3. The van der Waals surface area contributed by atoms with E-state index in [1.807, 2.05) is 13.8 Å². The fraction of sp³-hybridized carbons (Fsp3) is 1.00. The van der Waals surface area contributed by atoms with Crippen molar-refractivity contribution in [2.45, 2.75) is 66.0 Å². The van der Waals surface area contributed by atoms with Gasteiger partial charge in [-0.3, -0.25) is 9.80 Å². The van der Waals surface area contributed by atoms with Gasteiger partial charge >= 0.3 is 0 Å². The van der Waals surface area contributed by atoms with Gasteiger partial charge in [-0.05, 0) is 66.6 Å². The van der Waals surface area contributed by atoms with E-state index < -0.39 is 0 Å². The third-order valence-electron chi connectivity index (χ3n) is 5.58. The van der Waals surface area contributed by atoms with Crippen LogP contribution in [0, 0.1) is 5.92 Å². The Kier molecular flexibility index (Phi) is 7.66. The molecule has 0 aromatic rings. The Morgan fingerprint density at radius 1 is 0.857 bits per heavy atom. The zero-order valence-electron chi connectivity index (χ0n) is 15.7. The predicted octanol–water partition coefficient (Wildman–Crippen LogP) is 3.16. The SMILES string of the molecule is CC.CC(C)N1CCN(C(C)(C)C2CCN(C)CC2)CC1. The van der Waals surface area contributed by atoms with Crippen LogP contribution in [0.5, 0.6) is 0 Å². The maximum absolute atomic E-state index is 2.75. The quantitative estimate of drug-likeness (QED) is 0.792. The summed E-state index contributed by atoms with van der Waals surface area (Å²) < 4.78 is 0. The average Bonchev–Trinajstić information content (AvgIpc) is 2.50. The molecule has 2 aliphatic heterocycles. The van der Waals surface area contributed by atoms with Crippen molar-refractivity contribution in [3.05, 3.63) is 0 Å². The van der Waals surface area contributed by atoms with Crippen LogP contribution >= 0.6 is 0 Å². The van der Waals surface area contributed by atoms with Crippen LogP contribution in [0.25, 0.3) is 0 Å². The summed E-state index contributed by atoms with van der Waals surface area (Å²) in [4.78, 5) is 7.84. The minimum Gasteiger partial charge on any atom is -0.306 e. The van der Waals surface area contributed by atoms with Crippen LogP contribution in [0.1, 0.15) is 54.4 Å². The highest BCUT2D eigenvalue weighted by Gasteiger charge is 2.38. The first-order chi connectivity index (χ1) is 9.91. The Balaban J connectivity index is 0.00000106. The maximum atomic E-state index is 2.75. The second kappa shape index (κ2) is 8.50. The van der Waals surface area contributed by atoms with Crippen LogP contribution in [0.3, 0.4) is 0 Å². The molecular weight excluding hydrogens is 258 g/mol. The van der Waals surface area contributed by atoms with Gasteiger partial charge in [-0.25, -0.2) is 0 Å². The first-order valence-electron chi connectivity index (χ1n) is 9.09. The monoisotopic (exact) mass is 297 g/mol. The zero-order chi connectivity index (χ0) is 16.0. The lowest BCUT2D eigenvalue weighted by Gasteiger charge is -2.50. The fourth-order valence-corrected chi connectivity index (χ4v) is 3.79. The highest BCUT2D eigenvalue weighted by atomic mass is 15.3. The third-order valence-corrected chi connectivity index (χ3v) is 5.58. The van der Waals surface area contributed by atoms with Crippen LogP contribution < -0.4 is 0 Å². The van der Waals surface area contributed by atoms with Gasteiger partial charge in [0.05, 0.1) is 0 Å². The zero-order valence-corrected chi connectivity index (χ0v) is 15.7. The molecule has 2 saturated heterocycles. The molecule has 0 aliphatic carbocycles. The van der Waals surface area contributed by atoms with E-state index in [-0.39, 0.29) is 0 Å².